The monoisotopic (exact) mass is 142 g/mol. The van der Waals surface area contributed by atoms with E-state index in [9.17, 15) is 0 Å². The zero-order valence-electron chi connectivity index (χ0n) is 5.88. The SMILES string of the molecule is C/N=c1\sc(C)cn1C. The fraction of sp³-hybridized carbons (Fsp3) is 0.500. The Balaban J connectivity index is 3.33. The van der Waals surface area contributed by atoms with Crippen LogP contribution in [0.25, 0.3) is 0 Å². The third-order valence-electron chi connectivity index (χ3n) is 1.12. The zero-order valence-corrected chi connectivity index (χ0v) is 6.70. The molecule has 0 atom stereocenters. The van der Waals surface area contributed by atoms with E-state index in [1.165, 1.54) is 4.88 Å². The molecular formula is C6H10N2S. The molecule has 1 heterocycles. The smallest absolute Gasteiger partial charge is 0.184 e. The van der Waals surface area contributed by atoms with Crippen LogP contribution >= 0.6 is 11.3 Å². The Kier molecular flexibility index (Phi) is 1.71. The van der Waals surface area contributed by atoms with E-state index in [1.54, 1.807) is 11.3 Å². The number of hydrogen-bond donors (Lipinski definition) is 0. The second-order valence-electron chi connectivity index (χ2n) is 1.96. The summed E-state index contributed by atoms with van der Waals surface area (Å²) in [6, 6.07) is 0. The molecule has 0 aliphatic rings. The van der Waals surface area contributed by atoms with E-state index >= 15 is 0 Å². The van der Waals surface area contributed by atoms with Crippen molar-refractivity contribution in [2.75, 3.05) is 7.05 Å². The van der Waals surface area contributed by atoms with Crippen molar-refractivity contribution in [3.8, 4) is 0 Å². The molecule has 3 heteroatoms. The van der Waals surface area contributed by atoms with Crippen molar-refractivity contribution >= 4 is 11.3 Å². The van der Waals surface area contributed by atoms with Gasteiger partial charge in [-0.3, -0.25) is 4.99 Å². The molecule has 50 valence electrons. The quantitative estimate of drug-likeness (QED) is 0.512. The predicted molar refractivity (Wildman–Crippen MR) is 39.5 cm³/mol. The Bertz CT molecular complexity index is 256. The van der Waals surface area contributed by atoms with Crippen LogP contribution in [0.3, 0.4) is 0 Å². The van der Waals surface area contributed by atoms with Gasteiger partial charge in [-0.05, 0) is 6.92 Å². The number of hydrogen-bond acceptors (Lipinski definition) is 2. The Morgan fingerprint density at radius 1 is 1.67 bits per heavy atom. The van der Waals surface area contributed by atoms with Gasteiger partial charge in [0.05, 0.1) is 0 Å². The van der Waals surface area contributed by atoms with E-state index < -0.39 is 0 Å². The number of rotatable bonds is 0. The average molecular weight is 142 g/mol. The lowest BCUT2D eigenvalue weighted by molar-refractivity contribution is 0.864. The highest BCUT2D eigenvalue weighted by atomic mass is 32.1. The summed E-state index contributed by atoms with van der Waals surface area (Å²) in [5.74, 6) is 0. The second-order valence-corrected chi connectivity index (χ2v) is 3.17. The molecule has 0 aliphatic carbocycles. The zero-order chi connectivity index (χ0) is 6.85. The highest BCUT2D eigenvalue weighted by molar-refractivity contribution is 7.09. The molecule has 0 spiro atoms. The lowest BCUT2D eigenvalue weighted by Gasteiger charge is -1.83. The molecule has 0 bridgehead atoms. The average Bonchev–Trinajstić information content (AvgIpc) is 2.10. The molecule has 1 aromatic heterocycles. The third-order valence-corrected chi connectivity index (χ3v) is 2.20. The van der Waals surface area contributed by atoms with Crippen LogP contribution in [-0.4, -0.2) is 11.6 Å². The maximum atomic E-state index is 4.07. The largest absolute Gasteiger partial charge is 0.327 e. The van der Waals surface area contributed by atoms with E-state index in [0.717, 1.165) is 4.80 Å². The van der Waals surface area contributed by atoms with Crippen molar-refractivity contribution < 1.29 is 0 Å². The molecule has 1 rings (SSSR count). The molecule has 2 nitrogen and oxygen atoms in total. The van der Waals surface area contributed by atoms with Crippen molar-refractivity contribution in [3.05, 3.63) is 15.9 Å². The van der Waals surface area contributed by atoms with Gasteiger partial charge in [0.1, 0.15) is 0 Å². The number of nitrogens with zero attached hydrogens (tertiary/aromatic N) is 2. The molecule has 0 amide bonds. The van der Waals surface area contributed by atoms with E-state index in [1.807, 2.05) is 18.7 Å². The fourth-order valence-corrected chi connectivity index (χ4v) is 1.56. The van der Waals surface area contributed by atoms with Crippen LogP contribution in [-0.2, 0) is 7.05 Å². The van der Waals surface area contributed by atoms with Gasteiger partial charge in [0.15, 0.2) is 4.80 Å². The summed E-state index contributed by atoms with van der Waals surface area (Å²) in [4.78, 5) is 6.45. The van der Waals surface area contributed by atoms with E-state index in [4.69, 9.17) is 0 Å². The fourth-order valence-electron chi connectivity index (χ4n) is 0.774. The minimum absolute atomic E-state index is 1.08. The molecule has 0 N–H and O–H groups in total. The Labute approximate surface area is 58.5 Å². The Hall–Kier alpha value is -0.570. The first-order valence-corrected chi connectivity index (χ1v) is 3.61. The predicted octanol–water partition coefficient (Wildman–Crippen LogP) is 0.926. The Morgan fingerprint density at radius 2 is 2.33 bits per heavy atom. The van der Waals surface area contributed by atoms with Crippen LogP contribution in [0.5, 0.6) is 0 Å². The molecule has 0 fully saturated rings. The summed E-state index contributed by atoms with van der Waals surface area (Å²) in [7, 11) is 3.82. The van der Waals surface area contributed by atoms with Crippen molar-refractivity contribution in [2.24, 2.45) is 12.0 Å². The minimum Gasteiger partial charge on any atom is -0.327 e. The van der Waals surface area contributed by atoms with Crippen molar-refractivity contribution in [1.29, 1.82) is 0 Å². The van der Waals surface area contributed by atoms with Crippen LogP contribution in [0.15, 0.2) is 11.2 Å². The van der Waals surface area contributed by atoms with Gasteiger partial charge in [-0.15, -0.1) is 11.3 Å². The molecule has 9 heavy (non-hydrogen) atoms. The van der Waals surface area contributed by atoms with Gasteiger partial charge in [0.2, 0.25) is 0 Å². The number of aromatic nitrogens is 1. The van der Waals surface area contributed by atoms with Gasteiger partial charge in [-0.25, -0.2) is 0 Å². The Morgan fingerprint density at radius 3 is 2.56 bits per heavy atom. The topological polar surface area (TPSA) is 17.3 Å². The van der Waals surface area contributed by atoms with Gasteiger partial charge in [-0.2, -0.15) is 0 Å². The number of aryl methyl sites for hydroxylation is 2. The lowest BCUT2D eigenvalue weighted by atomic mass is 10.6. The minimum atomic E-state index is 1.08. The summed E-state index contributed by atoms with van der Waals surface area (Å²) in [5.41, 5.74) is 0. The third kappa shape index (κ3) is 1.21. The van der Waals surface area contributed by atoms with Crippen LogP contribution in [0, 0.1) is 6.92 Å². The van der Waals surface area contributed by atoms with Crippen LogP contribution < -0.4 is 4.80 Å². The standard InChI is InChI=1S/C6H10N2S/c1-5-4-8(3)6(7-2)9-5/h4H,1-3H3/b7-6-. The van der Waals surface area contributed by atoms with E-state index in [2.05, 4.69) is 18.1 Å². The van der Waals surface area contributed by atoms with E-state index in [0.29, 0.717) is 0 Å². The molecule has 0 saturated heterocycles. The molecule has 1 aromatic rings. The van der Waals surface area contributed by atoms with Crippen LogP contribution in [0.1, 0.15) is 4.88 Å². The molecule has 0 aromatic carbocycles. The maximum absolute atomic E-state index is 4.07. The van der Waals surface area contributed by atoms with Gasteiger partial charge in [-0.1, -0.05) is 0 Å². The molecular weight excluding hydrogens is 132 g/mol. The summed E-state index contributed by atoms with van der Waals surface area (Å²) >= 11 is 1.71. The van der Waals surface area contributed by atoms with Gasteiger partial charge >= 0.3 is 0 Å². The first-order valence-electron chi connectivity index (χ1n) is 2.80. The second kappa shape index (κ2) is 2.35. The summed E-state index contributed by atoms with van der Waals surface area (Å²) in [6.45, 7) is 2.08. The van der Waals surface area contributed by atoms with Crippen LogP contribution in [0.2, 0.25) is 0 Å². The van der Waals surface area contributed by atoms with Gasteiger partial charge < -0.3 is 4.57 Å². The number of thiazole rings is 1. The van der Waals surface area contributed by atoms with Crippen molar-refractivity contribution in [2.45, 2.75) is 6.92 Å². The first-order chi connectivity index (χ1) is 4.24. The van der Waals surface area contributed by atoms with Crippen molar-refractivity contribution in [3.63, 3.8) is 0 Å². The molecule has 0 unspecified atom stereocenters. The van der Waals surface area contributed by atoms with Gasteiger partial charge in [0.25, 0.3) is 0 Å². The summed E-state index contributed by atoms with van der Waals surface area (Å²) in [5, 5.41) is 0. The van der Waals surface area contributed by atoms with E-state index in [-0.39, 0.29) is 0 Å². The highest BCUT2D eigenvalue weighted by Gasteiger charge is 1.89. The first kappa shape index (κ1) is 6.55. The van der Waals surface area contributed by atoms with Gasteiger partial charge in [0, 0.05) is 25.2 Å². The molecule has 0 saturated carbocycles. The highest BCUT2D eigenvalue weighted by Crippen LogP contribution is 1.97. The van der Waals surface area contributed by atoms with Crippen LogP contribution in [0.4, 0.5) is 0 Å². The molecule has 0 radical (unpaired) electrons. The molecule has 0 aliphatic heterocycles. The summed E-state index contributed by atoms with van der Waals surface area (Å²) < 4.78 is 2.03. The van der Waals surface area contributed by atoms with Crippen molar-refractivity contribution in [1.82, 2.24) is 4.57 Å². The normalized spacial score (nSPS) is 12.6. The lowest BCUT2D eigenvalue weighted by Crippen LogP contribution is -2.07. The maximum Gasteiger partial charge on any atom is 0.184 e. The summed E-state index contributed by atoms with van der Waals surface area (Å²) in [6.07, 6.45) is 2.08.